The van der Waals surface area contributed by atoms with E-state index < -0.39 is 37.5 Å². The van der Waals surface area contributed by atoms with Crippen LogP contribution in [0.15, 0.2) is 84.9 Å². The van der Waals surface area contributed by atoms with Crippen LogP contribution in [-0.4, -0.2) is 20.9 Å². The molecule has 1 atom stereocenters. The first-order chi connectivity index (χ1) is 27.0. The first-order valence-electron chi connectivity index (χ1n) is 19.6. The number of hydrogen-bond donors (Lipinski definition) is 0. The highest BCUT2D eigenvalue weighted by Gasteiger charge is 2.48. The Bertz CT molecular complexity index is 1910. The summed E-state index contributed by atoms with van der Waals surface area (Å²) in [6.45, 7) is 14.0. The van der Waals surface area contributed by atoms with E-state index in [1.54, 1.807) is 55.5 Å². The number of carbonyl (C=O) groups excluding carboxylic acids is 1. The molecule has 0 aliphatic heterocycles. The van der Waals surface area contributed by atoms with Gasteiger partial charge < -0.3 is 13.9 Å². The van der Waals surface area contributed by atoms with Gasteiger partial charge in [-0.25, -0.2) is 13.2 Å². The normalized spacial score (nSPS) is 12.8. The molecule has 0 aromatic heterocycles. The van der Waals surface area contributed by atoms with Crippen molar-refractivity contribution in [3.63, 3.8) is 0 Å². The first kappa shape index (κ1) is 45.2. The fraction of sp³-hybridized carbons (Fsp3) is 0.413. The smallest absolute Gasteiger partial charge is 0.417 e. The Morgan fingerprint density at radius 2 is 1.44 bits per heavy atom. The van der Waals surface area contributed by atoms with Gasteiger partial charge >= 0.3 is 12.1 Å². The molecule has 0 heterocycles. The standard InChI is InChI=1S/C46H54F6O4Si/c1-8-54-44(53)17-13-12-14-33(24-35-26-41(48)45(42(49)27-35)56-57(30(2)3,31(4)5)32(6)7)18-20-37-28-38(47)21-23-43(37)55-29-34-19-22-39(36-15-10-9-11-16-36)40(25-34)46(50,51)52/h9-11,15-16,18-23,25-28,30-33H,8,12-14,17,24,29H2,1-7H3/b20-18+. The first-order valence-corrected chi connectivity index (χ1v) is 21.8. The number of halogens is 6. The van der Waals surface area contributed by atoms with E-state index >= 15 is 8.78 Å². The number of esters is 1. The van der Waals surface area contributed by atoms with Crippen molar-refractivity contribution in [3.05, 3.63) is 125 Å². The highest BCUT2D eigenvalue weighted by molar-refractivity contribution is 6.78. The number of unbranched alkanes of at least 4 members (excludes halogenated alkanes) is 1. The lowest BCUT2D eigenvalue weighted by atomic mass is 9.92. The largest absolute Gasteiger partial charge is 0.539 e. The number of ether oxygens (including phenoxy) is 2. The van der Waals surface area contributed by atoms with Crippen LogP contribution in [0.3, 0.4) is 0 Å². The third-order valence-corrected chi connectivity index (χ3v) is 16.4. The van der Waals surface area contributed by atoms with Crippen LogP contribution in [0, 0.1) is 23.4 Å². The summed E-state index contributed by atoms with van der Waals surface area (Å²) in [5.74, 6) is -2.85. The van der Waals surface area contributed by atoms with Crippen molar-refractivity contribution in [1.82, 2.24) is 0 Å². The topological polar surface area (TPSA) is 44.8 Å². The van der Waals surface area contributed by atoms with Crippen molar-refractivity contribution in [2.75, 3.05) is 6.61 Å². The fourth-order valence-corrected chi connectivity index (χ4v) is 13.1. The van der Waals surface area contributed by atoms with Gasteiger partial charge in [-0.2, -0.15) is 13.2 Å². The summed E-state index contributed by atoms with van der Waals surface area (Å²) < 4.78 is 106. The second-order valence-corrected chi connectivity index (χ2v) is 20.8. The van der Waals surface area contributed by atoms with Crippen LogP contribution in [-0.2, 0) is 28.7 Å². The zero-order valence-electron chi connectivity index (χ0n) is 33.8. The van der Waals surface area contributed by atoms with E-state index in [2.05, 4.69) is 0 Å². The van der Waals surface area contributed by atoms with Gasteiger partial charge in [0.25, 0.3) is 8.32 Å². The molecule has 0 N–H and O–H groups in total. The molecule has 11 heteroatoms. The lowest BCUT2D eigenvalue weighted by molar-refractivity contribution is -0.143. The van der Waals surface area contributed by atoms with Crippen molar-refractivity contribution < 1.29 is 45.0 Å². The SMILES string of the molecule is CCOC(=O)CCCCC(/C=C/c1cc(F)ccc1OCc1ccc(-c2ccccc2)c(C(F)(F)F)c1)Cc1cc(F)c(O[Si](C(C)C)(C(C)C)C(C)C)c(F)c1. The monoisotopic (exact) mass is 812 g/mol. The Hall–Kier alpha value is -4.51. The predicted octanol–water partition coefficient (Wildman–Crippen LogP) is 13.9. The number of allylic oxidation sites excluding steroid dienone is 1. The van der Waals surface area contributed by atoms with E-state index in [-0.39, 0.29) is 77.2 Å². The summed E-state index contributed by atoms with van der Waals surface area (Å²) in [4.78, 5) is 12.0. The minimum absolute atomic E-state index is 0.0455. The molecule has 0 saturated carbocycles. The van der Waals surface area contributed by atoms with Gasteiger partial charge in [0.1, 0.15) is 18.2 Å². The molecule has 4 nitrogen and oxygen atoms in total. The lowest BCUT2D eigenvalue weighted by Crippen LogP contribution is -2.51. The van der Waals surface area contributed by atoms with Gasteiger partial charge in [-0.05, 0) is 107 Å². The van der Waals surface area contributed by atoms with E-state index in [1.807, 2.05) is 41.5 Å². The van der Waals surface area contributed by atoms with Crippen LogP contribution >= 0.6 is 0 Å². The Kier molecular flexibility index (Phi) is 16.1. The molecule has 1 unspecified atom stereocenters. The van der Waals surface area contributed by atoms with E-state index in [9.17, 15) is 22.4 Å². The minimum atomic E-state index is -4.61. The maximum absolute atomic E-state index is 15.8. The van der Waals surface area contributed by atoms with Crippen LogP contribution < -0.4 is 9.16 Å². The Morgan fingerprint density at radius 1 is 0.789 bits per heavy atom. The molecule has 4 aromatic rings. The average molecular weight is 813 g/mol. The van der Waals surface area contributed by atoms with E-state index in [1.165, 1.54) is 36.4 Å². The molecule has 0 aliphatic rings. The number of carbonyl (C=O) groups is 1. The summed E-state index contributed by atoms with van der Waals surface area (Å²) >= 11 is 0. The van der Waals surface area contributed by atoms with Crippen molar-refractivity contribution >= 4 is 20.4 Å². The van der Waals surface area contributed by atoms with Gasteiger partial charge in [-0.3, -0.25) is 4.79 Å². The van der Waals surface area contributed by atoms with E-state index in [0.717, 1.165) is 6.07 Å². The number of hydrogen-bond acceptors (Lipinski definition) is 4. The average Bonchev–Trinajstić information content (AvgIpc) is 3.14. The molecule has 0 saturated heterocycles. The molecule has 4 aromatic carbocycles. The van der Waals surface area contributed by atoms with Crippen LogP contribution in [0.1, 0.15) is 96.4 Å². The van der Waals surface area contributed by atoms with Crippen molar-refractivity contribution in [1.29, 1.82) is 0 Å². The second-order valence-electron chi connectivity index (χ2n) is 15.4. The molecule has 57 heavy (non-hydrogen) atoms. The second kappa shape index (κ2) is 20.3. The van der Waals surface area contributed by atoms with Crippen LogP contribution in [0.2, 0.25) is 16.6 Å². The Morgan fingerprint density at radius 3 is 2.04 bits per heavy atom. The molecule has 0 radical (unpaired) electrons. The summed E-state index contributed by atoms with van der Waals surface area (Å²) in [7, 11) is -2.66. The van der Waals surface area contributed by atoms with Gasteiger partial charge in [-0.15, -0.1) is 0 Å². The number of benzene rings is 4. The van der Waals surface area contributed by atoms with E-state index in [4.69, 9.17) is 13.9 Å². The van der Waals surface area contributed by atoms with Gasteiger partial charge in [0.05, 0.1) is 12.2 Å². The van der Waals surface area contributed by atoms with Gasteiger partial charge in [-0.1, -0.05) is 103 Å². The molecule has 308 valence electrons. The van der Waals surface area contributed by atoms with Crippen molar-refractivity contribution in [2.45, 2.75) is 110 Å². The fourth-order valence-electron chi connectivity index (χ4n) is 7.80. The highest BCUT2D eigenvalue weighted by Crippen LogP contribution is 2.44. The quantitative estimate of drug-likeness (QED) is 0.0409. The third kappa shape index (κ3) is 12.0. The summed E-state index contributed by atoms with van der Waals surface area (Å²) in [5, 5.41) is 0. The number of rotatable bonds is 19. The van der Waals surface area contributed by atoms with Gasteiger partial charge in [0.2, 0.25) is 0 Å². The molecule has 0 amide bonds. The molecule has 0 bridgehead atoms. The summed E-state index contributed by atoms with van der Waals surface area (Å²) in [6, 6.07) is 18.8. The maximum Gasteiger partial charge on any atom is 0.417 e. The van der Waals surface area contributed by atoms with Gasteiger partial charge in [0.15, 0.2) is 17.4 Å². The molecule has 0 aliphatic carbocycles. The third-order valence-electron chi connectivity index (χ3n) is 10.4. The van der Waals surface area contributed by atoms with Gasteiger partial charge in [0, 0.05) is 12.0 Å². The van der Waals surface area contributed by atoms with E-state index in [0.29, 0.717) is 36.0 Å². The molecule has 4 rings (SSSR count). The maximum atomic E-state index is 15.8. The Balaban J connectivity index is 1.60. The highest BCUT2D eigenvalue weighted by atomic mass is 28.4. The number of alkyl halides is 3. The Labute approximate surface area is 334 Å². The van der Waals surface area contributed by atoms with Crippen molar-refractivity contribution in [3.8, 4) is 22.6 Å². The minimum Gasteiger partial charge on any atom is -0.539 e. The summed E-state index contributed by atoms with van der Waals surface area (Å²) in [6.07, 6.45) is 0.935. The lowest BCUT2D eigenvalue weighted by Gasteiger charge is -2.42. The van der Waals surface area contributed by atoms with Crippen LogP contribution in [0.4, 0.5) is 26.3 Å². The van der Waals surface area contributed by atoms with Crippen LogP contribution in [0.5, 0.6) is 11.5 Å². The van der Waals surface area contributed by atoms with Crippen LogP contribution in [0.25, 0.3) is 17.2 Å². The molecular formula is C46H54F6O4Si. The molecule has 0 spiro atoms. The molecular weight excluding hydrogens is 759 g/mol. The molecule has 0 fully saturated rings. The summed E-state index contributed by atoms with van der Waals surface area (Å²) in [5.41, 5.74) is 1.00. The zero-order valence-corrected chi connectivity index (χ0v) is 34.8. The van der Waals surface area contributed by atoms with Crippen molar-refractivity contribution in [2.24, 2.45) is 5.92 Å². The predicted molar refractivity (Wildman–Crippen MR) is 217 cm³/mol. The zero-order chi connectivity index (χ0) is 41.9.